The van der Waals surface area contributed by atoms with Gasteiger partial charge in [0.25, 0.3) is 5.91 Å². The second kappa shape index (κ2) is 10.9. The van der Waals surface area contributed by atoms with Gasteiger partial charge < -0.3 is 19.1 Å². The molecule has 0 N–H and O–H groups in total. The highest BCUT2D eigenvalue weighted by molar-refractivity contribution is 5.94. The fourth-order valence-corrected chi connectivity index (χ4v) is 3.82. The number of hydrogen-bond acceptors (Lipinski definition) is 5. The minimum Gasteiger partial charge on any atom is -0.454 e. The highest BCUT2D eigenvalue weighted by Gasteiger charge is 2.32. The van der Waals surface area contributed by atoms with Crippen molar-refractivity contribution in [2.45, 2.75) is 18.9 Å². The van der Waals surface area contributed by atoms with Gasteiger partial charge in [-0.25, -0.2) is 9.18 Å². The summed E-state index contributed by atoms with van der Waals surface area (Å²) in [6, 6.07) is 21.2. The number of hydrogen-bond donors (Lipinski definition) is 0. The Labute approximate surface area is 197 Å². The van der Waals surface area contributed by atoms with E-state index in [1.165, 1.54) is 17.0 Å². The van der Waals surface area contributed by atoms with Crippen molar-refractivity contribution in [3.8, 4) is 11.5 Å². The van der Waals surface area contributed by atoms with Crippen molar-refractivity contribution in [2.75, 3.05) is 20.4 Å². The van der Waals surface area contributed by atoms with Gasteiger partial charge in [-0.3, -0.25) is 4.79 Å². The molecule has 0 aliphatic heterocycles. The van der Waals surface area contributed by atoms with Crippen molar-refractivity contribution in [1.82, 2.24) is 4.90 Å². The molecule has 4 rings (SSSR count). The molecule has 7 heteroatoms. The minimum absolute atomic E-state index is 0.105. The fraction of sp³-hybridized carbons (Fsp3) is 0.259. The molecule has 0 atom stereocenters. The molecule has 0 radical (unpaired) electrons. The zero-order valence-electron chi connectivity index (χ0n) is 18.9. The van der Waals surface area contributed by atoms with Crippen molar-refractivity contribution in [3.05, 3.63) is 95.8 Å². The van der Waals surface area contributed by atoms with E-state index in [1.54, 1.807) is 67.8 Å². The maximum absolute atomic E-state index is 13.8. The quantitative estimate of drug-likeness (QED) is 0.318. The van der Waals surface area contributed by atoms with Gasteiger partial charge in [0.15, 0.2) is 18.3 Å². The van der Waals surface area contributed by atoms with E-state index >= 15 is 0 Å². The second-order valence-corrected chi connectivity index (χ2v) is 8.21. The van der Waals surface area contributed by atoms with Crippen LogP contribution in [0.5, 0.6) is 11.5 Å². The van der Waals surface area contributed by atoms with Crippen molar-refractivity contribution in [1.29, 1.82) is 0 Å². The topological polar surface area (TPSA) is 65.1 Å². The Morgan fingerprint density at radius 2 is 1.59 bits per heavy atom. The summed E-state index contributed by atoms with van der Waals surface area (Å²) < 4.78 is 30.2. The van der Waals surface area contributed by atoms with Gasteiger partial charge in [0.1, 0.15) is 5.75 Å². The number of benzene rings is 3. The highest BCUT2D eigenvalue weighted by Crippen LogP contribution is 2.31. The summed E-state index contributed by atoms with van der Waals surface area (Å²) in [5.41, 5.74) is 0.840. The molecule has 176 valence electrons. The number of carbonyl (C=O) groups excluding carboxylic acids is 2. The lowest BCUT2D eigenvalue weighted by Gasteiger charge is -2.37. The van der Waals surface area contributed by atoms with Gasteiger partial charge in [-0.1, -0.05) is 30.3 Å². The third-order valence-corrected chi connectivity index (χ3v) is 5.82. The summed E-state index contributed by atoms with van der Waals surface area (Å²) in [4.78, 5) is 27.2. The largest absolute Gasteiger partial charge is 0.454 e. The molecule has 3 aromatic carbocycles. The number of esters is 1. The third-order valence-electron chi connectivity index (χ3n) is 5.82. The van der Waals surface area contributed by atoms with E-state index in [0.29, 0.717) is 23.4 Å². The number of para-hydroxylation sites is 1. The van der Waals surface area contributed by atoms with Gasteiger partial charge >= 0.3 is 5.97 Å². The maximum atomic E-state index is 13.8. The van der Waals surface area contributed by atoms with Gasteiger partial charge in [-0.2, -0.15) is 0 Å². The van der Waals surface area contributed by atoms with Crippen LogP contribution in [0.15, 0.2) is 78.9 Å². The normalized spacial score (nSPS) is 16.9. The van der Waals surface area contributed by atoms with Crippen LogP contribution in [0.1, 0.15) is 33.6 Å². The summed E-state index contributed by atoms with van der Waals surface area (Å²) in [6.07, 6.45) is 1.90. The average molecular weight is 464 g/mol. The summed E-state index contributed by atoms with van der Waals surface area (Å²) >= 11 is 0. The molecule has 1 aliphatic rings. The zero-order valence-corrected chi connectivity index (χ0v) is 18.9. The Morgan fingerprint density at radius 3 is 2.26 bits per heavy atom. The van der Waals surface area contributed by atoms with E-state index in [2.05, 4.69) is 0 Å². The molecule has 1 saturated carbocycles. The third kappa shape index (κ3) is 5.80. The van der Waals surface area contributed by atoms with Gasteiger partial charge in [-0.15, -0.1) is 0 Å². The Morgan fingerprint density at radius 1 is 0.912 bits per heavy atom. The molecule has 0 bridgehead atoms. The SMILES string of the molecule is COC1CC(CN(COC(=O)c2ccccc2)C(=O)c2ccc(Oc3ccccc3F)cc2)C1. The molecule has 1 amide bonds. The zero-order chi connectivity index (χ0) is 23.9. The Balaban J connectivity index is 1.43. The smallest absolute Gasteiger partial charge is 0.339 e. The first-order valence-electron chi connectivity index (χ1n) is 11.1. The molecular weight excluding hydrogens is 437 g/mol. The van der Waals surface area contributed by atoms with E-state index in [4.69, 9.17) is 14.2 Å². The average Bonchev–Trinajstić information content (AvgIpc) is 2.85. The molecule has 6 nitrogen and oxygen atoms in total. The Hall–Kier alpha value is -3.71. The van der Waals surface area contributed by atoms with E-state index in [0.717, 1.165) is 12.8 Å². The predicted molar refractivity (Wildman–Crippen MR) is 124 cm³/mol. The first kappa shape index (κ1) is 23.4. The van der Waals surface area contributed by atoms with E-state index < -0.39 is 11.8 Å². The van der Waals surface area contributed by atoms with E-state index in [-0.39, 0.29) is 30.4 Å². The van der Waals surface area contributed by atoms with Gasteiger partial charge in [-0.05, 0) is 67.3 Å². The van der Waals surface area contributed by atoms with Crippen LogP contribution < -0.4 is 4.74 Å². The number of rotatable bonds is 9. The molecular formula is C27H26FNO5. The number of halogens is 1. The lowest BCUT2D eigenvalue weighted by molar-refractivity contribution is -0.0229. The monoisotopic (exact) mass is 463 g/mol. The molecule has 0 heterocycles. The summed E-state index contributed by atoms with van der Waals surface area (Å²) in [6.45, 7) is 0.294. The van der Waals surface area contributed by atoms with Crippen LogP contribution in [0, 0.1) is 11.7 Å². The van der Waals surface area contributed by atoms with Crippen LogP contribution in [0.3, 0.4) is 0 Å². The molecule has 0 unspecified atom stereocenters. The summed E-state index contributed by atoms with van der Waals surface area (Å²) in [5, 5.41) is 0. The van der Waals surface area contributed by atoms with Crippen LogP contribution in [0.4, 0.5) is 4.39 Å². The number of amides is 1. The number of ether oxygens (including phenoxy) is 3. The van der Waals surface area contributed by atoms with Crippen LogP contribution in [-0.2, 0) is 9.47 Å². The van der Waals surface area contributed by atoms with Crippen LogP contribution in [0.2, 0.25) is 0 Å². The van der Waals surface area contributed by atoms with Crippen molar-refractivity contribution in [3.63, 3.8) is 0 Å². The summed E-state index contributed by atoms with van der Waals surface area (Å²) in [7, 11) is 1.68. The number of carbonyl (C=O) groups is 2. The van der Waals surface area contributed by atoms with Crippen molar-refractivity contribution < 1.29 is 28.2 Å². The Bertz CT molecular complexity index is 1110. The first-order chi connectivity index (χ1) is 16.5. The van der Waals surface area contributed by atoms with Crippen LogP contribution in [0.25, 0.3) is 0 Å². The second-order valence-electron chi connectivity index (χ2n) is 8.21. The van der Waals surface area contributed by atoms with E-state index in [1.807, 2.05) is 6.07 Å². The molecule has 0 spiro atoms. The van der Waals surface area contributed by atoms with Gasteiger partial charge in [0.2, 0.25) is 0 Å². The molecule has 3 aromatic rings. The lowest BCUT2D eigenvalue weighted by Crippen LogP contribution is -2.43. The predicted octanol–water partition coefficient (Wildman–Crippen LogP) is 5.30. The molecule has 1 fully saturated rings. The summed E-state index contributed by atoms with van der Waals surface area (Å²) in [5.74, 6) is -0.439. The highest BCUT2D eigenvalue weighted by atomic mass is 19.1. The van der Waals surface area contributed by atoms with Crippen molar-refractivity contribution >= 4 is 11.9 Å². The van der Waals surface area contributed by atoms with Gasteiger partial charge in [0, 0.05) is 19.2 Å². The standard InChI is InChI=1S/C27H26FNO5/c1-32-23-15-19(16-23)17-29(18-33-27(31)21-7-3-2-4-8-21)26(30)20-11-13-22(14-12-20)34-25-10-6-5-9-24(25)28/h2-14,19,23H,15-18H2,1H3. The lowest BCUT2D eigenvalue weighted by atomic mass is 9.82. The fourth-order valence-electron chi connectivity index (χ4n) is 3.82. The number of nitrogens with zero attached hydrogens (tertiary/aromatic N) is 1. The first-order valence-corrected chi connectivity index (χ1v) is 11.1. The van der Waals surface area contributed by atoms with Gasteiger partial charge in [0.05, 0.1) is 11.7 Å². The van der Waals surface area contributed by atoms with Crippen LogP contribution >= 0.6 is 0 Å². The van der Waals surface area contributed by atoms with E-state index in [9.17, 15) is 14.0 Å². The molecule has 0 aromatic heterocycles. The minimum atomic E-state index is -0.490. The molecule has 0 saturated heterocycles. The van der Waals surface area contributed by atoms with Crippen molar-refractivity contribution in [2.24, 2.45) is 5.92 Å². The maximum Gasteiger partial charge on any atom is 0.339 e. The molecule has 1 aliphatic carbocycles. The Kier molecular flexibility index (Phi) is 7.54. The number of methoxy groups -OCH3 is 1. The molecule has 34 heavy (non-hydrogen) atoms. The van der Waals surface area contributed by atoms with Crippen LogP contribution in [-0.4, -0.2) is 43.3 Å².